The zero-order valence-electron chi connectivity index (χ0n) is 20.5. The van der Waals surface area contributed by atoms with E-state index in [2.05, 4.69) is 72.4 Å². The maximum absolute atomic E-state index is 5.85. The third-order valence-corrected chi connectivity index (χ3v) is 6.16. The molecule has 2 heterocycles. The van der Waals surface area contributed by atoms with Gasteiger partial charge in [-0.15, -0.1) is 24.0 Å². The van der Waals surface area contributed by atoms with Crippen LogP contribution in [0.2, 0.25) is 0 Å². The van der Waals surface area contributed by atoms with Crippen LogP contribution in [0.1, 0.15) is 58.1 Å². The Balaban J connectivity index is 0.00000363. The number of rotatable bonds is 8. The maximum atomic E-state index is 5.85. The molecular weight excluding hydrogens is 513 g/mol. The van der Waals surface area contributed by atoms with Crippen molar-refractivity contribution in [2.24, 2.45) is 4.99 Å². The maximum Gasteiger partial charge on any atom is 0.191 e. The lowest BCUT2D eigenvalue weighted by Gasteiger charge is -2.35. The molecule has 0 aliphatic carbocycles. The SMILES string of the molecule is CCCN1CCC(NC(=NCc2ccc(CN3CC(C)OC(C)C3)cc2)NCC)CC1.I. The zero-order valence-corrected chi connectivity index (χ0v) is 22.8. The van der Waals surface area contributed by atoms with Crippen molar-refractivity contribution in [1.29, 1.82) is 0 Å². The van der Waals surface area contributed by atoms with Gasteiger partial charge in [0, 0.05) is 45.3 Å². The van der Waals surface area contributed by atoms with Crippen LogP contribution < -0.4 is 10.6 Å². The molecule has 0 bridgehead atoms. The minimum absolute atomic E-state index is 0. The Labute approximate surface area is 212 Å². The monoisotopic (exact) mass is 557 g/mol. The lowest BCUT2D eigenvalue weighted by atomic mass is 10.1. The fraction of sp³-hybridized carbons (Fsp3) is 0.720. The fourth-order valence-electron chi connectivity index (χ4n) is 4.72. The van der Waals surface area contributed by atoms with Crippen molar-refractivity contribution < 1.29 is 4.74 Å². The van der Waals surface area contributed by atoms with E-state index in [0.29, 0.717) is 24.8 Å². The molecule has 2 saturated heterocycles. The average molecular weight is 558 g/mol. The minimum atomic E-state index is 0. The summed E-state index contributed by atoms with van der Waals surface area (Å²) in [5.41, 5.74) is 2.61. The van der Waals surface area contributed by atoms with E-state index in [9.17, 15) is 0 Å². The number of benzene rings is 1. The van der Waals surface area contributed by atoms with Gasteiger partial charge in [0.05, 0.1) is 18.8 Å². The highest BCUT2D eigenvalue weighted by Gasteiger charge is 2.22. The second-order valence-corrected chi connectivity index (χ2v) is 9.22. The van der Waals surface area contributed by atoms with Gasteiger partial charge in [0.15, 0.2) is 5.96 Å². The Hall–Kier alpha value is -0.900. The molecule has 0 aromatic heterocycles. The Morgan fingerprint density at radius 3 is 2.22 bits per heavy atom. The van der Waals surface area contributed by atoms with Gasteiger partial charge in [-0.2, -0.15) is 0 Å². The van der Waals surface area contributed by atoms with Crippen LogP contribution in [0.3, 0.4) is 0 Å². The Morgan fingerprint density at radius 1 is 1.00 bits per heavy atom. The van der Waals surface area contributed by atoms with Gasteiger partial charge in [0.2, 0.25) is 0 Å². The molecule has 0 radical (unpaired) electrons. The van der Waals surface area contributed by atoms with E-state index >= 15 is 0 Å². The summed E-state index contributed by atoms with van der Waals surface area (Å²) in [6.45, 7) is 16.9. The largest absolute Gasteiger partial charge is 0.373 e. The van der Waals surface area contributed by atoms with Crippen LogP contribution in [0, 0.1) is 0 Å². The summed E-state index contributed by atoms with van der Waals surface area (Å²) >= 11 is 0. The topological polar surface area (TPSA) is 52.1 Å². The predicted molar refractivity (Wildman–Crippen MR) is 145 cm³/mol. The van der Waals surface area contributed by atoms with Gasteiger partial charge in [0.1, 0.15) is 0 Å². The number of piperidine rings is 1. The molecule has 2 unspecified atom stereocenters. The summed E-state index contributed by atoms with van der Waals surface area (Å²) in [5.74, 6) is 0.941. The number of hydrogen-bond donors (Lipinski definition) is 2. The first-order valence-electron chi connectivity index (χ1n) is 12.3. The van der Waals surface area contributed by atoms with E-state index < -0.39 is 0 Å². The molecule has 1 aromatic carbocycles. The van der Waals surface area contributed by atoms with Crippen LogP contribution in [-0.4, -0.2) is 73.3 Å². The number of guanidine groups is 1. The van der Waals surface area contributed by atoms with Crippen LogP contribution in [0.25, 0.3) is 0 Å². The van der Waals surface area contributed by atoms with Crippen molar-refractivity contribution in [2.45, 2.75) is 78.3 Å². The van der Waals surface area contributed by atoms with Gasteiger partial charge < -0.3 is 20.3 Å². The summed E-state index contributed by atoms with van der Waals surface area (Å²) in [5, 5.41) is 7.07. The number of morpholine rings is 1. The highest BCUT2D eigenvalue weighted by Crippen LogP contribution is 2.15. The second-order valence-electron chi connectivity index (χ2n) is 9.22. The molecule has 0 spiro atoms. The predicted octanol–water partition coefficient (Wildman–Crippen LogP) is 3.84. The molecule has 0 saturated carbocycles. The van der Waals surface area contributed by atoms with E-state index in [1.54, 1.807) is 0 Å². The van der Waals surface area contributed by atoms with E-state index in [1.165, 1.54) is 50.0 Å². The van der Waals surface area contributed by atoms with Crippen LogP contribution in [0.15, 0.2) is 29.3 Å². The van der Waals surface area contributed by atoms with Crippen molar-refractivity contribution in [3.8, 4) is 0 Å². The zero-order chi connectivity index (χ0) is 22.1. The molecule has 2 N–H and O–H groups in total. The molecule has 2 aliphatic rings. The summed E-state index contributed by atoms with van der Waals surface area (Å²) in [6, 6.07) is 9.46. The Bertz CT molecular complexity index is 665. The van der Waals surface area contributed by atoms with E-state index in [1.807, 2.05) is 0 Å². The van der Waals surface area contributed by atoms with Gasteiger partial charge in [-0.05, 0) is 57.7 Å². The molecule has 2 aliphatic heterocycles. The Morgan fingerprint density at radius 2 is 1.62 bits per heavy atom. The van der Waals surface area contributed by atoms with Crippen LogP contribution in [-0.2, 0) is 17.8 Å². The smallest absolute Gasteiger partial charge is 0.191 e. The third kappa shape index (κ3) is 9.15. The molecule has 3 rings (SSSR count). The summed E-state index contributed by atoms with van der Waals surface area (Å²) < 4.78 is 5.85. The molecule has 7 heteroatoms. The number of aliphatic imine (C=N–C) groups is 1. The van der Waals surface area contributed by atoms with Crippen molar-refractivity contribution in [3.63, 3.8) is 0 Å². The van der Waals surface area contributed by atoms with Crippen molar-refractivity contribution >= 4 is 29.9 Å². The fourth-order valence-corrected chi connectivity index (χ4v) is 4.72. The average Bonchev–Trinajstić information content (AvgIpc) is 2.74. The van der Waals surface area contributed by atoms with Gasteiger partial charge in [-0.25, -0.2) is 4.99 Å². The van der Waals surface area contributed by atoms with Gasteiger partial charge in [-0.1, -0.05) is 31.2 Å². The van der Waals surface area contributed by atoms with E-state index in [-0.39, 0.29) is 24.0 Å². The molecule has 1 aromatic rings. The van der Waals surface area contributed by atoms with Crippen molar-refractivity contribution in [3.05, 3.63) is 35.4 Å². The van der Waals surface area contributed by atoms with Gasteiger partial charge in [-0.3, -0.25) is 4.90 Å². The van der Waals surface area contributed by atoms with E-state index in [4.69, 9.17) is 9.73 Å². The highest BCUT2D eigenvalue weighted by atomic mass is 127. The number of nitrogens with one attached hydrogen (secondary N) is 2. The summed E-state index contributed by atoms with van der Waals surface area (Å²) in [6.07, 6.45) is 4.25. The highest BCUT2D eigenvalue weighted by molar-refractivity contribution is 14.0. The van der Waals surface area contributed by atoms with Crippen LogP contribution in [0.5, 0.6) is 0 Å². The standard InChI is InChI=1S/C25H43N5O.HI/c1-5-13-29-14-11-24(12-15-29)28-25(26-6-2)27-16-22-7-9-23(10-8-22)19-30-17-20(3)31-21(4)18-30;/h7-10,20-21,24H,5-6,11-19H2,1-4H3,(H2,26,27,28);1H. The molecule has 182 valence electrons. The minimum Gasteiger partial charge on any atom is -0.373 e. The normalized spacial score (nSPS) is 23.6. The number of likely N-dealkylation sites (tertiary alicyclic amines) is 1. The molecule has 6 nitrogen and oxygen atoms in total. The first kappa shape index (κ1) is 27.3. The second kappa shape index (κ2) is 14.4. The number of ether oxygens (including phenoxy) is 1. The summed E-state index contributed by atoms with van der Waals surface area (Å²) in [7, 11) is 0. The van der Waals surface area contributed by atoms with E-state index in [0.717, 1.165) is 32.1 Å². The number of hydrogen-bond acceptors (Lipinski definition) is 4. The lowest BCUT2D eigenvalue weighted by molar-refractivity contribution is -0.0704. The van der Waals surface area contributed by atoms with Crippen LogP contribution in [0.4, 0.5) is 0 Å². The van der Waals surface area contributed by atoms with Gasteiger partial charge >= 0.3 is 0 Å². The van der Waals surface area contributed by atoms with Crippen LogP contribution >= 0.6 is 24.0 Å². The van der Waals surface area contributed by atoms with Gasteiger partial charge in [0.25, 0.3) is 0 Å². The first-order chi connectivity index (χ1) is 15.1. The van der Waals surface area contributed by atoms with Crippen molar-refractivity contribution in [1.82, 2.24) is 20.4 Å². The molecule has 2 atom stereocenters. The summed E-state index contributed by atoms with van der Waals surface area (Å²) in [4.78, 5) is 9.91. The molecule has 2 fully saturated rings. The lowest BCUT2D eigenvalue weighted by Crippen LogP contribution is -2.48. The Kier molecular flexibility index (Phi) is 12.3. The third-order valence-electron chi connectivity index (χ3n) is 6.16. The number of nitrogens with zero attached hydrogens (tertiary/aromatic N) is 3. The molecule has 0 amide bonds. The van der Waals surface area contributed by atoms with Crippen molar-refractivity contribution in [2.75, 3.05) is 39.3 Å². The molecule has 32 heavy (non-hydrogen) atoms. The number of halogens is 1. The quantitative estimate of drug-likeness (QED) is 0.289. The first-order valence-corrected chi connectivity index (χ1v) is 12.3. The molecular formula is C25H44IN5O.